The zero-order valence-electron chi connectivity index (χ0n) is 11.5. The summed E-state index contributed by atoms with van der Waals surface area (Å²) >= 11 is 3.53. The summed E-state index contributed by atoms with van der Waals surface area (Å²) in [5.74, 6) is 1.79. The van der Waals surface area contributed by atoms with Gasteiger partial charge in [0.1, 0.15) is 11.4 Å². The number of nitrogens with two attached hydrogens (primary N) is 1. The molecule has 2 unspecified atom stereocenters. The zero-order valence-corrected chi connectivity index (χ0v) is 13.1. The van der Waals surface area contributed by atoms with E-state index in [0.717, 1.165) is 34.5 Å². The first-order chi connectivity index (χ1) is 9.12. The fraction of sp³-hybridized carbons (Fsp3) is 0.625. The van der Waals surface area contributed by atoms with Gasteiger partial charge in [-0.15, -0.1) is 0 Å². The van der Waals surface area contributed by atoms with E-state index < -0.39 is 0 Å². The monoisotopic (exact) mass is 323 g/mol. The van der Waals surface area contributed by atoms with Crippen LogP contribution in [0.2, 0.25) is 0 Å². The molecule has 1 aliphatic heterocycles. The third kappa shape index (κ3) is 2.55. The standard InChI is InChI=1S/C16H22BrNO/c1-2-11-4-3-7-16(9-11)10-14(18)13-6-5-12(17)8-15(13)19-16/h5-6,8,11,14H,2-4,7,9-10,18H2,1H3/t11?,14-,16?/m1/s1. The third-order valence-corrected chi connectivity index (χ3v) is 5.27. The van der Waals surface area contributed by atoms with Crippen LogP contribution in [0.25, 0.3) is 0 Å². The Morgan fingerprint density at radius 1 is 1.42 bits per heavy atom. The lowest BCUT2D eigenvalue weighted by atomic mass is 9.72. The van der Waals surface area contributed by atoms with Gasteiger partial charge in [0, 0.05) is 22.5 Å². The number of hydrogen-bond acceptors (Lipinski definition) is 2. The van der Waals surface area contributed by atoms with Crippen LogP contribution in [0.15, 0.2) is 22.7 Å². The molecule has 3 heteroatoms. The first-order valence-electron chi connectivity index (χ1n) is 7.36. The Balaban J connectivity index is 1.90. The van der Waals surface area contributed by atoms with Gasteiger partial charge in [-0.2, -0.15) is 0 Å². The molecule has 0 aromatic heterocycles. The largest absolute Gasteiger partial charge is 0.487 e. The van der Waals surface area contributed by atoms with Gasteiger partial charge in [-0.1, -0.05) is 41.8 Å². The normalized spacial score (nSPS) is 33.8. The average molecular weight is 324 g/mol. The molecular weight excluding hydrogens is 302 g/mol. The summed E-state index contributed by atoms with van der Waals surface area (Å²) in [4.78, 5) is 0. The Bertz CT molecular complexity index is 476. The summed E-state index contributed by atoms with van der Waals surface area (Å²) in [6, 6.07) is 6.34. The minimum Gasteiger partial charge on any atom is -0.487 e. The Hall–Kier alpha value is -0.540. The van der Waals surface area contributed by atoms with Crippen LogP contribution in [0, 0.1) is 5.92 Å². The summed E-state index contributed by atoms with van der Waals surface area (Å²) in [6.07, 6.45) is 7.17. The maximum absolute atomic E-state index is 6.43. The number of rotatable bonds is 1. The fourth-order valence-electron chi connectivity index (χ4n) is 3.76. The number of halogens is 1. The van der Waals surface area contributed by atoms with E-state index in [1.165, 1.54) is 25.7 Å². The molecule has 1 spiro atoms. The fourth-order valence-corrected chi connectivity index (χ4v) is 4.10. The molecule has 0 amide bonds. The number of benzene rings is 1. The first kappa shape index (κ1) is 13.4. The van der Waals surface area contributed by atoms with Crippen LogP contribution in [0.4, 0.5) is 0 Å². The van der Waals surface area contributed by atoms with Crippen molar-refractivity contribution in [3.63, 3.8) is 0 Å². The molecule has 19 heavy (non-hydrogen) atoms. The highest BCUT2D eigenvalue weighted by Crippen LogP contribution is 2.47. The topological polar surface area (TPSA) is 35.2 Å². The van der Waals surface area contributed by atoms with Gasteiger partial charge < -0.3 is 10.5 Å². The molecule has 2 N–H and O–H groups in total. The van der Waals surface area contributed by atoms with Gasteiger partial charge in [-0.25, -0.2) is 0 Å². The van der Waals surface area contributed by atoms with Crippen LogP contribution in [0.5, 0.6) is 5.75 Å². The Morgan fingerprint density at radius 3 is 3.05 bits per heavy atom. The van der Waals surface area contributed by atoms with Crippen molar-refractivity contribution < 1.29 is 4.74 Å². The molecule has 3 rings (SSSR count). The Labute approximate surface area is 123 Å². The quantitative estimate of drug-likeness (QED) is 0.821. The predicted molar refractivity (Wildman–Crippen MR) is 81.3 cm³/mol. The number of ether oxygens (including phenoxy) is 1. The summed E-state index contributed by atoms with van der Waals surface area (Å²) < 4.78 is 7.50. The maximum Gasteiger partial charge on any atom is 0.126 e. The van der Waals surface area contributed by atoms with Crippen LogP contribution in [-0.4, -0.2) is 5.60 Å². The molecule has 1 saturated carbocycles. The van der Waals surface area contributed by atoms with Gasteiger partial charge in [-0.3, -0.25) is 0 Å². The van der Waals surface area contributed by atoms with Crippen LogP contribution in [0.1, 0.15) is 57.1 Å². The summed E-state index contributed by atoms with van der Waals surface area (Å²) in [7, 11) is 0. The van der Waals surface area contributed by atoms with E-state index in [9.17, 15) is 0 Å². The Morgan fingerprint density at radius 2 is 2.26 bits per heavy atom. The second-order valence-electron chi connectivity index (χ2n) is 6.15. The molecule has 1 aromatic rings. The summed E-state index contributed by atoms with van der Waals surface area (Å²) in [6.45, 7) is 2.29. The first-order valence-corrected chi connectivity index (χ1v) is 8.15. The highest BCUT2D eigenvalue weighted by molar-refractivity contribution is 9.10. The molecule has 1 heterocycles. The van der Waals surface area contributed by atoms with Crippen molar-refractivity contribution in [2.24, 2.45) is 11.7 Å². The molecule has 1 aromatic carbocycles. The van der Waals surface area contributed by atoms with Crippen LogP contribution >= 0.6 is 15.9 Å². The molecule has 2 aliphatic rings. The SMILES string of the molecule is CCC1CCCC2(C1)C[C@@H](N)c1ccc(Br)cc1O2. The number of hydrogen-bond donors (Lipinski definition) is 1. The van der Waals surface area contributed by atoms with Crippen molar-refractivity contribution in [3.8, 4) is 5.75 Å². The van der Waals surface area contributed by atoms with E-state index in [1.54, 1.807) is 0 Å². The van der Waals surface area contributed by atoms with Crippen molar-refractivity contribution in [3.05, 3.63) is 28.2 Å². The maximum atomic E-state index is 6.43. The van der Waals surface area contributed by atoms with Crippen LogP contribution in [-0.2, 0) is 0 Å². The van der Waals surface area contributed by atoms with Gasteiger partial charge in [0.15, 0.2) is 0 Å². The minimum absolute atomic E-state index is 0.00780. The molecule has 0 radical (unpaired) electrons. The molecule has 1 aliphatic carbocycles. The lowest BCUT2D eigenvalue weighted by Gasteiger charge is -2.46. The van der Waals surface area contributed by atoms with Gasteiger partial charge in [0.2, 0.25) is 0 Å². The van der Waals surface area contributed by atoms with E-state index in [2.05, 4.69) is 41.1 Å². The van der Waals surface area contributed by atoms with Crippen molar-refractivity contribution in [2.75, 3.05) is 0 Å². The summed E-state index contributed by atoms with van der Waals surface area (Å²) in [5.41, 5.74) is 7.55. The Kier molecular flexibility index (Phi) is 3.61. The van der Waals surface area contributed by atoms with E-state index in [-0.39, 0.29) is 11.6 Å². The molecule has 3 atom stereocenters. The van der Waals surface area contributed by atoms with E-state index in [4.69, 9.17) is 10.5 Å². The van der Waals surface area contributed by atoms with Gasteiger partial charge in [0.05, 0.1) is 0 Å². The smallest absolute Gasteiger partial charge is 0.126 e. The molecular formula is C16H22BrNO. The van der Waals surface area contributed by atoms with Crippen molar-refractivity contribution in [2.45, 2.75) is 57.1 Å². The second-order valence-corrected chi connectivity index (χ2v) is 7.06. The van der Waals surface area contributed by atoms with E-state index in [1.807, 2.05) is 0 Å². The molecule has 0 bridgehead atoms. The molecule has 2 nitrogen and oxygen atoms in total. The van der Waals surface area contributed by atoms with Crippen LogP contribution < -0.4 is 10.5 Å². The zero-order chi connectivity index (χ0) is 13.5. The predicted octanol–water partition coefficient (Wildman–Crippen LogP) is 4.57. The summed E-state index contributed by atoms with van der Waals surface area (Å²) in [5, 5.41) is 0. The lowest BCUT2D eigenvalue weighted by molar-refractivity contribution is -0.0176. The van der Waals surface area contributed by atoms with E-state index in [0.29, 0.717) is 0 Å². The van der Waals surface area contributed by atoms with E-state index >= 15 is 0 Å². The van der Waals surface area contributed by atoms with Gasteiger partial charge >= 0.3 is 0 Å². The van der Waals surface area contributed by atoms with Crippen molar-refractivity contribution >= 4 is 15.9 Å². The third-order valence-electron chi connectivity index (χ3n) is 4.78. The highest BCUT2D eigenvalue weighted by Gasteiger charge is 2.43. The van der Waals surface area contributed by atoms with Gasteiger partial charge in [-0.05, 0) is 37.3 Å². The molecule has 1 fully saturated rings. The molecule has 0 saturated heterocycles. The number of fused-ring (bicyclic) bond motifs is 1. The van der Waals surface area contributed by atoms with Crippen molar-refractivity contribution in [1.29, 1.82) is 0 Å². The van der Waals surface area contributed by atoms with Crippen molar-refractivity contribution in [1.82, 2.24) is 0 Å². The highest BCUT2D eigenvalue weighted by atomic mass is 79.9. The second kappa shape index (κ2) is 5.10. The average Bonchev–Trinajstić information content (AvgIpc) is 2.38. The minimum atomic E-state index is -0.00780. The van der Waals surface area contributed by atoms with Crippen LogP contribution in [0.3, 0.4) is 0 Å². The van der Waals surface area contributed by atoms with Gasteiger partial charge in [0.25, 0.3) is 0 Å². The lowest BCUT2D eigenvalue weighted by Crippen LogP contribution is -2.46. The molecule has 104 valence electrons.